The second-order valence-electron chi connectivity index (χ2n) is 8.07. The second kappa shape index (κ2) is 7.98. The van der Waals surface area contributed by atoms with Gasteiger partial charge in [-0.3, -0.25) is 14.6 Å². The predicted molar refractivity (Wildman–Crippen MR) is 113 cm³/mol. The number of hydrogen-bond acceptors (Lipinski definition) is 5. The van der Waals surface area contributed by atoms with Gasteiger partial charge in [-0.25, -0.2) is 9.97 Å². The summed E-state index contributed by atoms with van der Waals surface area (Å²) in [5.41, 5.74) is 1.29. The van der Waals surface area contributed by atoms with E-state index in [2.05, 4.69) is 15.0 Å². The maximum atomic E-state index is 14.0. The molecule has 1 saturated carbocycles. The average Bonchev–Trinajstić information content (AvgIpc) is 3.52. The third-order valence-electron chi connectivity index (χ3n) is 5.83. The average molecular weight is 422 g/mol. The van der Waals surface area contributed by atoms with Crippen LogP contribution in [0.25, 0.3) is 0 Å². The monoisotopic (exact) mass is 422 g/mol. The molecule has 160 valence electrons. The maximum absolute atomic E-state index is 14.0. The molecule has 0 unspecified atom stereocenters. The van der Waals surface area contributed by atoms with Gasteiger partial charge in [0.25, 0.3) is 11.5 Å². The normalized spacial score (nSPS) is 16.5. The van der Waals surface area contributed by atoms with E-state index in [1.807, 2.05) is 39.9 Å². The summed E-state index contributed by atoms with van der Waals surface area (Å²) in [6, 6.07) is 7.61. The molecule has 2 aliphatic rings. The number of carbonyl (C=O) groups is 1. The van der Waals surface area contributed by atoms with Crippen LogP contribution in [0.5, 0.6) is 0 Å². The van der Waals surface area contributed by atoms with Crippen LogP contribution in [-0.4, -0.2) is 56.5 Å². The van der Waals surface area contributed by atoms with Gasteiger partial charge in [-0.1, -0.05) is 12.1 Å². The van der Waals surface area contributed by atoms with E-state index in [1.54, 1.807) is 17.4 Å². The van der Waals surface area contributed by atoms with Crippen molar-refractivity contribution in [3.05, 3.63) is 76.0 Å². The SMILES string of the molecule is O=C(c1ccc(Cn2ccnc2)cc1)N1CCN(c2nc(C3CC3)c(F)c(=O)[nH]2)CC1. The Kier molecular flexibility index (Phi) is 5.01. The predicted octanol–water partition coefficient (Wildman–Crippen LogP) is 1.99. The largest absolute Gasteiger partial charge is 0.339 e. The Bertz CT molecular complexity index is 1130. The van der Waals surface area contributed by atoms with Crippen LogP contribution >= 0.6 is 0 Å². The summed E-state index contributed by atoms with van der Waals surface area (Å²) in [6.07, 6.45) is 7.14. The molecule has 0 bridgehead atoms. The lowest BCUT2D eigenvalue weighted by molar-refractivity contribution is 0.0746. The van der Waals surface area contributed by atoms with E-state index in [9.17, 15) is 14.0 Å². The number of hydrogen-bond donors (Lipinski definition) is 1. The smallest absolute Gasteiger partial charge is 0.288 e. The lowest BCUT2D eigenvalue weighted by Crippen LogP contribution is -2.49. The fourth-order valence-corrected chi connectivity index (χ4v) is 3.89. The van der Waals surface area contributed by atoms with Crippen molar-refractivity contribution in [3.63, 3.8) is 0 Å². The van der Waals surface area contributed by atoms with Crippen LogP contribution in [0.3, 0.4) is 0 Å². The zero-order valence-corrected chi connectivity index (χ0v) is 17.0. The molecule has 0 spiro atoms. The number of nitrogens with one attached hydrogen (secondary N) is 1. The number of halogens is 1. The van der Waals surface area contributed by atoms with E-state index in [-0.39, 0.29) is 17.5 Å². The van der Waals surface area contributed by atoms with Crippen molar-refractivity contribution in [2.45, 2.75) is 25.3 Å². The van der Waals surface area contributed by atoms with Crippen molar-refractivity contribution in [1.29, 1.82) is 0 Å². The minimum atomic E-state index is -0.767. The molecule has 2 aromatic heterocycles. The van der Waals surface area contributed by atoms with Crippen molar-refractivity contribution in [2.75, 3.05) is 31.1 Å². The Morgan fingerprint density at radius 2 is 1.87 bits per heavy atom. The first kappa shape index (κ1) is 19.5. The molecule has 1 N–H and O–H groups in total. The number of aromatic nitrogens is 4. The Morgan fingerprint density at radius 3 is 2.52 bits per heavy atom. The zero-order chi connectivity index (χ0) is 21.4. The van der Waals surface area contributed by atoms with Crippen molar-refractivity contribution in [2.24, 2.45) is 0 Å². The number of anilines is 1. The fourth-order valence-electron chi connectivity index (χ4n) is 3.89. The topological polar surface area (TPSA) is 87.1 Å². The van der Waals surface area contributed by atoms with Crippen LogP contribution in [0.2, 0.25) is 0 Å². The summed E-state index contributed by atoms with van der Waals surface area (Å²) in [5, 5.41) is 0. The quantitative estimate of drug-likeness (QED) is 0.680. The van der Waals surface area contributed by atoms with Crippen LogP contribution in [0, 0.1) is 5.82 Å². The Labute approximate surface area is 178 Å². The summed E-state index contributed by atoms with van der Waals surface area (Å²) in [5.74, 6) is -0.338. The van der Waals surface area contributed by atoms with Gasteiger partial charge in [-0.05, 0) is 30.5 Å². The molecular formula is C22H23FN6O2. The molecule has 5 rings (SSSR count). The van der Waals surface area contributed by atoms with Gasteiger partial charge in [-0.15, -0.1) is 0 Å². The number of piperazine rings is 1. The Morgan fingerprint density at radius 1 is 1.13 bits per heavy atom. The second-order valence-corrected chi connectivity index (χ2v) is 8.07. The van der Waals surface area contributed by atoms with E-state index in [4.69, 9.17) is 0 Å². The standard InChI is InChI=1S/C22H23FN6O2/c23-18-19(16-5-6-16)25-22(26-20(18)30)29-11-9-28(10-12-29)21(31)17-3-1-15(2-4-17)13-27-8-7-24-14-27/h1-4,7-8,14,16H,5-6,9-13H2,(H,25,26,30). The van der Waals surface area contributed by atoms with E-state index in [1.165, 1.54) is 0 Å². The van der Waals surface area contributed by atoms with Crippen molar-refractivity contribution >= 4 is 11.9 Å². The van der Waals surface area contributed by atoms with E-state index in [0.29, 0.717) is 44.2 Å². The van der Waals surface area contributed by atoms with E-state index < -0.39 is 11.4 Å². The van der Waals surface area contributed by atoms with Gasteiger partial charge in [0.15, 0.2) is 0 Å². The van der Waals surface area contributed by atoms with Crippen molar-refractivity contribution in [3.8, 4) is 0 Å². The third kappa shape index (κ3) is 4.08. The molecule has 9 heteroatoms. The van der Waals surface area contributed by atoms with Gasteiger partial charge in [0.1, 0.15) is 0 Å². The molecule has 3 aromatic rings. The minimum absolute atomic E-state index is 0.0203. The van der Waals surface area contributed by atoms with Gasteiger partial charge in [0.2, 0.25) is 11.8 Å². The highest BCUT2D eigenvalue weighted by Gasteiger charge is 2.31. The van der Waals surface area contributed by atoms with Crippen LogP contribution in [-0.2, 0) is 6.54 Å². The molecule has 1 saturated heterocycles. The first-order valence-corrected chi connectivity index (χ1v) is 10.5. The van der Waals surface area contributed by atoms with Gasteiger partial charge < -0.3 is 14.4 Å². The highest BCUT2D eigenvalue weighted by molar-refractivity contribution is 5.94. The summed E-state index contributed by atoms with van der Waals surface area (Å²) >= 11 is 0. The lowest BCUT2D eigenvalue weighted by atomic mass is 10.1. The molecule has 1 amide bonds. The molecule has 0 atom stereocenters. The molecule has 3 heterocycles. The number of benzene rings is 1. The number of amides is 1. The van der Waals surface area contributed by atoms with Crippen molar-refractivity contribution < 1.29 is 9.18 Å². The van der Waals surface area contributed by atoms with E-state index >= 15 is 0 Å². The van der Waals surface area contributed by atoms with Crippen LogP contribution in [0.4, 0.5) is 10.3 Å². The fraction of sp³-hybridized carbons (Fsp3) is 0.364. The Balaban J connectivity index is 1.22. The molecule has 2 fully saturated rings. The molecular weight excluding hydrogens is 399 g/mol. The molecule has 1 aliphatic heterocycles. The Hall–Kier alpha value is -3.49. The number of imidazole rings is 1. The lowest BCUT2D eigenvalue weighted by Gasteiger charge is -2.35. The summed E-state index contributed by atoms with van der Waals surface area (Å²) in [4.78, 5) is 39.5. The summed E-state index contributed by atoms with van der Waals surface area (Å²) in [7, 11) is 0. The van der Waals surface area contributed by atoms with Crippen LogP contribution in [0.1, 0.15) is 40.4 Å². The van der Waals surface area contributed by atoms with Gasteiger partial charge in [0, 0.05) is 56.6 Å². The number of rotatable bonds is 5. The third-order valence-corrected chi connectivity index (χ3v) is 5.83. The van der Waals surface area contributed by atoms with E-state index in [0.717, 1.165) is 18.4 Å². The van der Waals surface area contributed by atoms with Gasteiger partial charge in [0.05, 0.1) is 12.0 Å². The highest BCUT2D eigenvalue weighted by atomic mass is 19.1. The summed E-state index contributed by atoms with van der Waals surface area (Å²) in [6.45, 7) is 2.79. The number of nitrogens with zero attached hydrogens (tertiary/aromatic N) is 5. The molecule has 8 nitrogen and oxygen atoms in total. The van der Waals surface area contributed by atoms with Gasteiger partial charge in [-0.2, -0.15) is 4.39 Å². The number of carbonyl (C=O) groups excluding carboxylic acids is 1. The molecule has 0 radical (unpaired) electrons. The van der Waals surface area contributed by atoms with Crippen LogP contribution < -0.4 is 10.5 Å². The maximum Gasteiger partial charge on any atom is 0.288 e. The molecule has 1 aromatic carbocycles. The first-order chi connectivity index (χ1) is 15.1. The van der Waals surface area contributed by atoms with Crippen LogP contribution in [0.15, 0.2) is 47.8 Å². The van der Waals surface area contributed by atoms with Crippen molar-refractivity contribution in [1.82, 2.24) is 24.4 Å². The minimum Gasteiger partial charge on any atom is -0.339 e. The molecule has 1 aliphatic carbocycles. The number of H-pyrrole nitrogens is 1. The highest BCUT2D eigenvalue weighted by Crippen LogP contribution is 2.39. The zero-order valence-electron chi connectivity index (χ0n) is 17.0. The molecule has 31 heavy (non-hydrogen) atoms. The summed E-state index contributed by atoms with van der Waals surface area (Å²) < 4.78 is 16.0. The number of aromatic amines is 1. The van der Waals surface area contributed by atoms with Gasteiger partial charge >= 0.3 is 0 Å². The first-order valence-electron chi connectivity index (χ1n) is 10.5.